The van der Waals surface area contributed by atoms with Crippen molar-refractivity contribution in [1.29, 1.82) is 0 Å². The van der Waals surface area contributed by atoms with Crippen molar-refractivity contribution in [2.24, 2.45) is 0 Å². The van der Waals surface area contributed by atoms with E-state index in [9.17, 15) is 4.79 Å². The Kier molecular flexibility index (Phi) is 2.86. The third-order valence-corrected chi connectivity index (χ3v) is 2.31. The van der Waals surface area contributed by atoms with Crippen LogP contribution in [0.15, 0.2) is 18.6 Å². The van der Waals surface area contributed by atoms with Crippen LogP contribution in [0, 0.1) is 6.92 Å². The molecule has 6 nitrogen and oxygen atoms in total. The minimum absolute atomic E-state index is 0.000635. The van der Waals surface area contributed by atoms with Gasteiger partial charge in [0, 0.05) is 18.0 Å². The molecule has 2 heterocycles. The van der Waals surface area contributed by atoms with E-state index in [1.807, 2.05) is 13.0 Å². The van der Waals surface area contributed by atoms with Gasteiger partial charge in [0.15, 0.2) is 5.69 Å². The lowest BCUT2D eigenvalue weighted by Crippen LogP contribution is -2.02. The van der Waals surface area contributed by atoms with Gasteiger partial charge in [-0.25, -0.2) is 19.7 Å². The summed E-state index contributed by atoms with van der Waals surface area (Å²) in [5.74, 6) is 0.240. The highest BCUT2D eigenvalue weighted by Gasteiger charge is 2.09. The van der Waals surface area contributed by atoms with Crippen molar-refractivity contribution in [3.05, 3.63) is 35.8 Å². The van der Waals surface area contributed by atoms with E-state index in [0.717, 1.165) is 12.1 Å². The van der Waals surface area contributed by atoms with Crippen LogP contribution in [-0.2, 0) is 6.42 Å². The summed E-state index contributed by atoms with van der Waals surface area (Å²) < 4.78 is 1.58. The van der Waals surface area contributed by atoms with E-state index in [2.05, 4.69) is 15.0 Å². The SMILES string of the molecule is CCc1cc(-n2cnc(C(=O)O)c2)nc(C)n1. The molecule has 6 heteroatoms. The summed E-state index contributed by atoms with van der Waals surface area (Å²) in [5.41, 5.74) is 0.914. The molecule has 1 N–H and O–H groups in total. The Morgan fingerprint density at radius 1 is 1.47 bits per heavy atom. The number of aromatic nitrogens is 4. The molecule has 2 aromatic heterocycles. The molecule has 0 radical (unpaired) electrons. The fraction of sp³-hybridized carbons (Fsp3) is 0.273. The second-order valence-corrected chi connectivity index (χ2v) is 3.59. The van der Waals surface area contributed by atoms with Crippen LogP contribution in [0.3, 0.4) is 0 Å². The van der Waals surface area contributed by atoms with Gasteiger partial charge >= 0.3 is 5.97 Å². The molecule has 0 aliphatic rings. The number of aryl methyl sites for hydroxylation is 2. The maximum atomic E-state index is 10.7. The summed E-state index contributed by atoms with van der Waals surface area (Å²) in [6.07, 6.45) is 3.67. The number of carboxylic acid groups (broad SMARTS) is 1. The third kappa shape index (κ3) is 2.30. The van der Waals surface area contributed by atoms with E-state index in [1.54, 1.807) is 11.5 Å². The highest BCUT2D eigenvalue weighted by molar-refractivity contribution is 5.85. The molecule has 0 aliphatic carbocycles. The highest BCUT2D eigenvalue weighted by atomic mass is 16.4. The van der Waals surface area contributed by atoms with Crippen molar-refractivity contribution in [1.82, 2.24) is 19.5 Å². The first kappa shape index (κ1) is 11.3. The predicted molar refractivity (Wildman–Crippen MR) is 60.2 cm³/mol. The number of carboxylic acids is 1. The van der Waals surface area contributed by atoms with Gasteiger partial charge in [-0.15, -0.1) is 0 Å². The van der Waals surface area contributed by atoms with Gasteiger partial charge in [-0.05, 0) is 13.3 Å². The zero-order valence-electron chi connectivity index (χ0n) is 9.58. The fourth-order valence-corrected chi connectivity index (χ4v) is 1.48. The first-order valence-corrected chi connectivity index (χ1v) is 5.22. The average Bonchev–Trinajstić information content (AvgIpc) is 2.77. The van der Waals surface area contributed by atoms with Crippen molar-refractivity contribution in [2.45, 2.75) is 20.3 Å². The molecule has 0 bridgehead atoms. The van der Waals surface area contributed by atoms with Gasteiger partial charge in [-0.2, -0.15) is 0 Å². The largest absolute Gasteiger partial charge is 0.476 e. The monoisotopic (exact) mass is 232 g/mol. The average molecular weight is 232 g/mol. The van der Waals surface area contributed by atoms with Gasteiger partial charge in [0.05, 0.1) is 0 Å². The third-order valence-electron chi connectivity index (χ3n) is 2.31. The van der Waals surface area contributed by atoms with Gasteiger partial charge in [0.2, 0.25) is 0 Å². The zero-order chi connectivity index (χ0) is 12.4. The van der Waals surface area contributed by atoms with Gasteiger partial charge < -0.3 is 5.11 Å². The van der Waals surface area contributed by atoms with Crippen LogP contribution in [0.2, 0.25) is 0 Å². The van der Waals surface area contributed by atoms with E-state index >= 15 is 0 Å². The number of hydrogen-bond donors (Lipinski definition) is 1. The molecular formula is C11H12N4O2. The Balaban J connectivity index is 2.44. The van der Waals surface area contributed by atoms with Gasteiger partial charge in [0.1, 0.15) is 18.0 Å². The van der Waals surface area contributed by atoms with Gasteiger partial charge in [-0.1, -0.05) is 6.92 Å². The van der Waals surface area contributed by atoms with E-state index in [0.29, 0.717) is 11.6 Å². The lowest BCUT2D eigenvalue weighted by molar-refractivity contribution is 0.0691. The molecular weight excluding hydrogens is 220 g/mol. The van der Waals surface area contributed by atoms with Crippen molar-refractivity contribution < 1.29 is 9.90 Å². The number of nitrogens with zero attached hydrogens (tertiary/aromatic N) is 4. The summed E-state index contributed by atoms with van der Waals surface area (Å²) >= 11 is 0. The summed E-state index contributed by atoms with van der Waals surface area (Å²) in [7, 11) is 0. The molecule has 0 saturated heterocycles. The standard InChI is InChI=1S/C11H12N4O2/c1-3-8-4-10(14-7(2)13-8)15-5-9(11(16)17)12-6-15/h4-6H,3H2,1-2H3,(H,16,17). The van der Waals surface area contributed by atoms with Crippen LogP contribution in [0.25, 0.3) is 5.82 Å². The summed E-state index contributed by atoms with van der Waals surface area (Å²) in [4.78, 5) is 23.0. The molecule has 2 rings (SSSR count). The maximum absolute atomic E-state index is 10.7. The van der Waals surface area contributed by atoms with Gasteiger partial charge in [-0.3, -0.25) is 4.57 Å². The minimum atomic E-state index is -1.05. The van der Waals surface area contributed by atoms with Crippen molar-refractivity contribution in [3.8, 4) is 5.82 Å². The lowest BCUT2D eigenvalue weighted by atomic mass is 10.3. The molecule has 17 heavy (non-hydrogen) atoms. The topological polar surface area (TPSA) is 80.9 Å². The molecule has 2 aromatic rings. The summed E-state index contributed by atoms with van der Waals surface area (Å²) in [6, 6.07) is 1.82. The van der Waals surface area contributed by atoms with E-state index in [4.69, 9.17) is 5.11 Å². The lowest BCUT2D eigenvalue weighted by Gasteiger charge is -2.04. The minimum Gasteiger partial charge on any atom is -0.476 e. The van der Waals surface area contributed by atoms with Crippen molar-refractivity contribution >= 4 is 5.97 Å². The number of imidazole rings is 1. The van der Waals surface area contributed by atoms with Crippen LogP contribution in [0.4, 0.5) is 0 Å². The molecule has 0 aromatic carbocycles. The Morgan fingerprint density at radius 3 is 2.82 bits per heavy atom. The second kappa shape index (κ2) is 4.32. The van der Waals surface area contributed by atoms with Crippen LogP contribution in [0.1, 0.15) is 28.9 Å². The van der Waals surface area contributed by atoms with Crippen LogP contribution >= 0.6 is 0 Å². The Bertz CT molecular complexity index is 562. The molecule has 88 valence electrons. The highest BCUT2D eigenvalue weighted by Crippen LogP contribution is 2.09. The van der Waals surface area contributed by atoms with E-state index in [1.165, 1.54) is 12.5 Å². The Morgan fingerprint density at radius 2 is 2.24 bits per heavy atom. The predicted octanol–water partition coefficient (Wildman–Crippen LogP) is 1.23. The normalized spacial score (nSPS) is 10.5. The molecule has 0 fully saturated rings. The first-order chi connectivity index (χ1) is 8.10. The van der Waals surface area contributed by atoms with Crippen LogP contribution in [0.5, 0.6) is 0 Å². The molecule has 0 aliphatic heterocycles. The quantitative estimate of drug-likeness (QED) is 0.860. The molecule has 0 saturated carbocycles. The summed E-state index contributed by atoms with van der Waals surface area (Å²) in [6.45, 7) is 3.81. The molecule has 0 atom stereocenters. The Labute approximate surface area is 98.0 Å². The maximum Gasteiger partial charge on any atom is 0.356 e. The smallest absolute Gasteiger partial charge is 0.356 e. The zero-order valence-corrected chi connectivity index (χ0v) is 9.58. The second-order valence-electron chi connectivity index (χ2n) is 3.59. The Hall–Kier alpha value is -2.24. The molecule has 0 unspecified atom stereocenters. The van der Waals surface area contributed by atoms with Gasteiger partial charge in [0.25, 0.3) is 0 Å². The molecule has 0 amide bonds. The molecule has 0 spiro atoms. The number of rotatable bonds is 3. The van der Waals surface area contributed by atoms with Crippen LogP contribution in [-0.4, -0.2) is 30.6 Å². The summed E-state index contributed by atoms with van der Waals surface area (Å²) in [5, 5.41) is 8.79. The van der Waals surface area contributed by atoms with Crippen molar-refractivity contribution in [3.63, 3.8) is 0 Å². The van der Waals surface area contributed by atoms with Crippen LogP contribution < -0.4 is 0 Å². The number of aromatic carboxylic acids is 1. The number of hydrogen-bond acceptors (Lipinski definition) is 4. The van der Waals surface area contributed by atoms with Crippen molar-refractivity contribution in [2.75, 3.05) is 0 Å². The number of carbonyl (C=O) groups is 1. The first-order valence-electron chi connectivity index (χ1n) is 5.22. The fourth-order valence-electron chi connectivity index (χ4n) is 1.48. The van der Waals surface area contributed by atoms with E-state index < -0.39 is 5.97 Å². The van der Waals surface area contributed by atoms with E-state index in [-0.39, 0.29) is 5.69 Å².